The second-order valence-corrected chi connectivity index (χ2v) is 8.19. The fourth-order valence-corrected chi connectivity index (χ4v) is 3.86. The Morgan fingerprint density at radius 3 is 1.90 bits per heavy atom. The van der Waals surface area contributed by atoms with E-state index in [4.69, 9.17) is 10.7 Å². The van der Waals surface area contributed by atoms with E-state index in [1.54, 1.807) is 29.5 Å². The Labute approximate surface area is 177 Å². The molecule has 20 heavy (non-hydrogen) atoms. The minimum atomic E-state index is -5.20. The maximum absolute atomic E-state index is 13.1. The maximum Gasteiger partial charge on any atom is 1.00 e. The monoisotopic (exact) mass is 464 g/mol. The third kappa shape index (κ3) is 5.10. The molecule has 1 aromatic rings. The van der Waals surface area contributed by atoms with Crippen molar-refractivity contribution in [1.29, 1.82) is 0 Å². The van der Waals surface area contributed by atoms with E-state index in [0.717, 1.165) is 0 Å². The molecule has 0 saturated carbocycles. The average molecular weight is 465 g/mol. The van der Waals surface area contributed by atoms with Crippen LogP contribution in [0.3, 0.4) is 0 Å². The zero-order chi connectivity index (χ0) is 15.2. The van der Waals surface area contributed by atoms with Gasteiger partial charge in [0.2, 0.25) is 9.05 Å². The fourth-order valence-electron chi connectivity index (χ4n) is 2.14. The van der Waals surface area contributed by atoms with Crippen molar-refractivity contribution in [3.63, 3.8) is 0 Å². The largest absolute Gasteiger partial charge is 1.00 e. The molecule has 10 heteroatoms. The summed E-state index contributed by atoms with van der Waals surface area (Å²) in [6, 6.07) is 0. The van der Waals surface area contributed by atoms with E-state index in [-0.39, 0.29) is 68.1 Å². The summed E-state index contributed by atoms with van der Waals surface area (Å²) in [5, 5.41) is 0. The van der Waals surface area contributed by atoms with Crippen LogP contribution in [-0.2, 0) is 14.8 Å². The van der Waals surface area contributed by atoms with Crippen LogP contribution in [0.2, 0.25) is 0 Å². The predicted molar refractivity (Wildman–Crippen MR) is 80.6 cm³/mol. The van der Waals surface area contributed by atoms with E-state index in [2.05, 4.69) is 0 Å². The molecule has 0 atom stereocenters. The standard InChI is InChI=1S/C10H11BClF3IO2S.K/c1-5-8(4-19(12,17)18)6(2)10(16)7(3)9(5)11(13,14)15;/h4H2,1-3H3;/q-1;+1. The van der Waals surface area contributed by atoms with Crippen molar-refractivity contribution in [3.05, 3.63) is 25.8 Å². The number of benzene rings is 1. The van der Waals surface area contributed by atoms with Crippen LogP contribution in [-0.4, -0.2) is 15.4 Å². The molecule has 0 heterocycles. The Hall–Kier alpha value is 1.68. The first-order valence-electron chi connectivity index (χ1n) is 5.26. The summed E-state index contributed by atoms with van der Waals surface area (Å²) in [4.78, 5) is 0. The van der Waals surface area contributed by atoms with Gasteiger partial charge in [-0.05, 0) is 54.5 Å². The van der Waals surface area contributed by atoms with Crippen LogP contribution in [0.25, 0.3) is 0 Å². The first kappa shape index (κ1) is 21.7. The minimum Gasteiger partial charge on any atom is -0.445 e. The van der Waals surface area contributed by atoms with Crippen LogP contribution in [0, 0.1) is 24.3 Å². The third-order valence-electron chi connectivity index (χ3n) is 3.02. The zero-order valence-corrected chi connectivity index (χ0v) is 18.3. The Balaban J connectivity index is 0.00000361. The number of rotatable bonds is 3. The van der Waals surface area contributed by atoms with Gasteiger partial charge < -0.3 is 12.9 Å². The number of hydrogen-bond acceptors (Lipinski definition) is 2. The summed E-state index contributed by atoms with van der Waals surface area (Å²) < 4.78 is 62.1. The molecule has 0 aromatic heterocycles. The van der Waals surface area contributed by atoms with Gasteiger partial charge in [0, 0.05) is 14.3 Å². The smallest absolute Gasteiger partial charge is 0.445 e. The first-order valence-corrected chi connectivity index (χ1v) is 8.82. The van der Waals surface area contributed by atoms with E-state index in [9.17, 15) is 21.4 Å². The van der Waals surface area contributed by atoms with Gasteiger partial charge in [-0.25, -0.2) is 8.42 Å². The van der Waals surface area contributed by atoms with Gasteiger partial charge in [-0.15, -0.1) is 5.46 Å². The molecular formula is C10H11BClF3IKO2S. The van der Waals surface area contributed by atoms with Crippen molar-refractivity contribution >= 4 is 54.8 Å². The molecule has 0 N–H and O–H groups in total. The molecule has 0 spiro atoms. The third-order valence-corrected chi connectivity index (χ3v) is 5.59. The van der Waals surface area contributed by atoms with Crippen molar-refractivity contribution in [1.82, 2.24) is 0 Å². The van der Waals surface area contributed by atoms with Crippen LogP contribution in [0.1, 0.15) is 22.3 Å². The van der Waals surface area contributed by atoms with Gasteiger partial charge in [-0.2, -0.15) is 0 Å². The minimum absolute atomic E-state index is 0. The molecule has 0 radical (unpaired) electrons. The Morgan fingerprint density at radius 2 is 1.55 bits per heavy atom. The SMILES string of the molecule is Cc1c(I)c(C)c([B-](F)(F)F)c(C)c1CS(=O)(=O)Cl.[K+]. The molecule has 0 bridgehead atoms. The zero-order valence-electron chi connectivity index (χ0n) is 11.4. The van der Waals surface area contributed by atoms with Crippen LogP contribution in [0.4, 0.5) is 12.9 Å². The molecular weight excluding hydrogens is 453 g/mol. The second-order valence-electron chi connectivity index (χ2n) is 4.34. The predicted octanol–water partition coefficient (Wildman–Crippen LogP) is 0.343. The Bertz CT molecular complexity index is 635. The van der Waals surface area contributed by atoms with Crippen molar-refractivity contribution in [2.24, 2.45) is 0 Å². The summed E-state index contributed by atoms with van der Waals surface area (Å²) in [5.74, 6) is -0.596. The van der Waals surface area contributed by atoms with E-state index in [1.807, 2.05) is 0 Å². The van der Waals surface area contributed by atoms with Gasteiger partial charge in [0.15, 0.2) is 0 Å². The summed E-state index contributed by atoms with van der Waals surface area (Å²) >= 11 is 1.80. The van der Waals surface area contributed by atoms with Gasteiger partial charge in [0.05, 0.1) is 5.75 Å². The molecule has 0 saturated heterocycles. The van der Waals surface area contributed by atoms with Crippen molar-refractivity contribution in [2.45, 2.75) is 26.5 Å². The van der Waals surface area contributed by atoms with E-state index in [1.165, 1.54) is 13.8 Å². The molecule has 0 amide bonds. The normalized spacial score (nSPS) is 12.2. The molecule has 1 rings (SSSR count). The Morgan fingerprint density at radius 1 is 1.10 bits per heavy atom. The maximum atomic E-state index is 13.1. The molecule has 0 aliphatic heterocycles. The fraction of sp³-hybridized carbons (Fsp3) is 0.400. The summed E-state index contributed by atoms with van der Waals surface area (Å²) in [6.45, 7) is -0.911. The molecule has 0 fully saturated rings. The van der Waals surface area contributed by atoms with Crippen molar-refractivity contribution in [3.8, 4) is 0 Å². The quantitative estimate of drug-likeness (QED) is 0.368. The topological polar surface area (TPSA) is 34.1 Å². The first-order chi connectivity index (χ1) is 8.36. The van der Waals surface area contributed by atoms with Gasteiger partial charge in [0.1, 0.15) is 0 Å². The molecule has 0 unspecified atom stereocenters. The van der Waals surface area contributed by atoms with Crippen molar-refractivity contribution < 1.29 is 72.7 Å². The molecule has 0 aliphatic rings. The van der Waals surface area contributed by atoms with Gasteiger partial charge >= 0.3 is 58.4 Å². The molecule has 1 aromatic carbocycles. The van der Waals surface area contributed by atoms with Crippen LogP contribution >= 0.6 is 33.3 Å². The average Bonchev–Trinajstić information content (AvgIpc) is 2.18. The number of hydrogen-bond donors (Lipinski definition) is 0. The van der Waals surface area contributed by atoms with Crippen LogP contribution in [0.15, 0.2) is 0 Å². The van der Waals surface area contributed by atoms with E-state index >= 15 is 0 Å². The van der Waals surface area contributed by atoms with Gasteiger partial charge in [0.25, 0.3) is 0 Å². The van der Waals surface area contributed by atoms with Crippen LogP contribution < -0.4 is 56.8 Å². The molecule has 0 aliphatic carbocycles. The van der Waals surface area contributed by atoms with Gasteiger partial charge in [-0.3, -0.25) is 0 Å². The summed E-state index contributed by atoms with van der Waals surface area (Å²) in [6.07, 6.45) is 0. The Kier molecular flexibility index (Phi) is 8.13. The summed E-state index contributed by atoms with van der Waals surface area (Å²) in [5.41, 5.74) is 0.0408. The van der Waals surface area contributed by atoms with Crippen molar-refractivity contribution in [2.75, 3.05) is 0 Å². The van der Waals surface area contributed by atoms with Gasteiger partial charge in [-0.1, -0.05) is 11.1 Å². The van der Waals surface area contributed by atoms with Crippen LogP contribution in [0.5, 0.6) is 0 Å². The number of halogens is 5. The second kappa shape index (κ2) is 7.50. The van der Waals surface area contributed by atoms with E-state index in [0.29, 0.717) is 9.13 Å². The molecule has 2 nitrogen and oxygen atoms in total. The summed E-state index contributed by atoms with van der Waals surface area (Å²) in [7, 11) is 1.26. The van der Waals surface area contributed by atoms with E-state index < -0.39 is 27.2 Å². The molecule has 108 valence electrons.